The van der Waals surface area contributed by atoms with Crippen molar-refractivity contribution in [3.05, 3.63) is 82.2 Å². The highest BCUT2D eigenvalue weighted by Gasteiger charge is 2.41. The van der Waals surface area contributed by atoms with Gasteiger partial charge in [-0.25, -0.2) is 0 Å². The number of ketones is 1. The zero-order valence-corrected chi connectivity index (χ0v) is 17.5. The topological polar surface area (TPSA) is 84.6 Å². The molecule has 1 aromatic heterocycles. The van der Waals surface area contributed by atoms with E-state index >= 15 is 0 Å². The van der Waals surface area contributed by atoms with Gasteiger partial charge in [0.25, 0.3) is 0 Å². The van der Waals surface area contributed by atoms with Gasteiger partial charge in [-0.05, 0) is 49.4 Å². The van der Waals surface area contributed by atoms with Crippen molar-refractivity contribution in [3.63, 3.8) is 0 Å². The number of aromatic nitrogens is 1. The molecule has 2 heterocycles. The maximum absolute atomic E-state index is 13.5. The fourth-order valence-corrected chi connectivity index (χ4v) is 4.75. The van der Waals surface area contributed by atoms with Crippen LogP contribution in [0.2, 0.25) is 0 Å². The van der Waals surface area contributed by atoms with Crippen molar-refractivity contribution in [2.24, 2.45) is 0 Å². The van der Waals surface area contributed by atoms with Crippen molar-refractivity contribution in [1.82, 2.24) is 5.16 Å². The highest BCUT2D eigenvalue weighted by molar-refractivity contribution is 6.01. The molecule has 0 amide bonds. The van der Waals surface area contributed by atoms with Gasteiger partial charge in [-0.3, -0.25) is 4.79 Å². The molecule has 2 aromatic carbocycles. The average molecular weight is 416 g/mol. The molecule has 5 rings (SSSR count). The summed E-state index contributed by atoms with van der Waals surface area (Å²) >= 11 is 0. The second-order valence-electron chi connectivity index (χ2n) is 8.06. The number of phenolic OH excluding ortho intramolecular Hbond substituents is 1. The molecule has 2 N–H and O–H groups in total. The van der Waals surface area contributed by atoms with E-state index in [-0.39, 0.29) is 23.4 Å². The van der Waals surface area contributed by atoms with Crippen molar-refractivity contribution in [2.75, 3.05) is 11.9 Å². The molecule has 0 radical (unpaired) electrons. The summed E-state index contributed by atoms with van der Waals surface area (Å²) in [5.74, 6) is 0.974. The normalized spacial score (nSPS) is 20.1. The molecule has 2 aliphatic rings. The number of aryl methyl sites for hydroxylation is 1. The number of anilines is 1. The summed E-state index contributed by atoms with van der Waals surface area (Å²) in [7, 11) is 0. The Hall–Kier alpha value is -3.54. The summed E-state index contributed by atoms with van der Waals surface area (Å²) in [5.41, 5.74) is 5.25. The minimum absolute atomic E-state index is 0.0788. The Bertz CT molecular complexity index is 1180. The van der Waals surface area contributed by atoms with Crippen LogP contribution in [0.3, 0.4) is 0 Å². The van der Waals surface area contributed by atoms with E-state index < -0.39 is 0 Å². The number of nitrogens with zero attached hydrogens (tertiary/aromatic N) is 1. The molecule has 0 spiro atoms. The Morgan fingerprint density at radius 2 is 1.97 bits per heavy atom. The van der Waals surface area contributed by atoms with Gasteiger partial charge in [-0.1, -0.05) is 41.6 Å². The first-order valence-corrected chi connectivity index (χ1v) is 10.6. The van der Waals surface area contributed by atoms with E-state index in [1.807, 2.05) is 44.2 Å². The lowest BCUT2D eigenvalue weighted by atomic mass is 9.72. The van der Waals surface area contributed by atoms with Crippen LogP contribution in [0.5, 0.6) is 11.5 Å². The van der Waals surface area contributed by atoms with Gasteiger partial charge in [0.2, 0.25) is 5.88 Å². The number of phenols is 1. The van der Waals surface area contributed by atoms with Crippen molar-refractivity contribution in [1.29, 1.82) is 0 Å². The molecule has 0 saturated heterocycles. The standard InChI is InChI=1S/C25H24N2O4/c1-3-30-21-13-16(9-10-19(21)28)23-22-14(2)27-31-25(22)26-18-11-17(12-20(29)24(18)23)15-7-5-4-6-8-15/h4-10,13,17,23,26,28H,3,11-12H2,1-2H3/t17-,23-/m0/s1. The van der Waals surface area contributed by atoms with Crippen LogP contribution in [-0.2, 0) is 4.79 Å². The van der Waals surface area contributed by atoms with Gasteiger partial charge in [-0.2, -0.15) is 0 Å². The van der Waals surface area contributed by atoms with Gasteiger partial charge >= 0.3 is 0 Å². The molecular weight excluding hydrogens is 392 g/mol. The fourth-order valence-electron chi connectivity index (χ4n) is 4.75. The lowest BCUT2D eigenvalue weighted by Crippen LogP contribution is -2.29. The number of nitrogens with one attached hydrogen (secondary N) is 1. The Morgan fingerprint density at radius 1 is 1.16 bits per heavy atom. The molecule has 0 bridgehead atoms. The van der Waals surface area contributed by atoms with Gasteiger partial charge < -0.3 is 19.7 Å². The second-order valence-corrected chi connectivity index (χ2v) is 8.06. The number of carbonyl (C=O) groups excluding carboxylic acids is 1. The number of benzene rings is 2. The van der Waals surface area contributed by atoms with Gasteiger partial charge in [0.05, 0.1) is 17.9 Å². The molecule has 31 heavy (non-hydrogen) atoms. The summed E-state index contributed by atoms with van der Waals surface area (Å²) in [4.78, 5) is 13.5. The molecule has 2 atom stereocenters. The van der Waals surface area contributed by atoms with Gasteiger partial charge in [-0.15, -0.1) is 0 Å². The average Bonchev–Trinajstić information content (AvgIpc) is 3.15. The molecule has 0 saturated carbocycles. The van der Waals surface area contributed by atoms with Crippen molar-refractivity contribution in [2.45, 2.75) is 38.5 Å². The van der Waals surface area contributed by atoms with E-state index in [1.165, 1.54) is 0 Å². The molecular formula is C25H24N2O4. The van der Waals surface area contributed by atoms with Gasteiger partial charge in [0.15, 0.2) is 17.3 Å². The van der Waals surface area contributed by atoms with E-state index in [1.54, 1.807) is 6.07 Å². The number of aromatic hydroxyl groups is 1. The number of Topliss-reactive ketones (excluding diaryl/α,β-unsaturated/α-hetero) is 1. The molecule has 1 aliphatic heterocycles. The minimum atomic E-state index is -0.318. The van der Waals surface area contributed by atoms with E-state index in [0.29, 0.717) is 24.7 Å². The van der Waals surface area contributed by atoms with E-state index in [4.69, 9.17) is 9.26 Å². The van der Waals surface area contributed by atoms with Crippen LogP contribution < -0.4 is 10.1 Å². The second kappa shape index (κ2) is 7.61. The maximum Gasteiger partial charge on any atom is 0.233 e. The lowest BCUT2D eigenvalue weighted by Gasteiger charge is -2.34. The van der Waals surface area contributed by atoms with Crippen LogP contribution in [0.4, 0.5) is 5.88 Å². The zero-order chi connectivity index (χ0) is 21.5. The number of hydrogen-bond acceptors (Lipinski definition) is 6. The summed E-state index contributed by atoms with van der Waals surface area (Å²) in [6.45, 7) is 4.19. The number of ether oxygens (including phenoxy) is 1. The van der Waals surface area contributed by atoms with Crippen LogP contribution in [0.15, 0.2) is 64.3 Å². The third-order valence-corrected chi connectivity index (χ3v) is 6.15. The van der Waals surface area contributed by atoms with Crippen molar-refractivity contribution in [3.8, 4) is 11.5 Å². The first kappa shape index (κ1) is 19.4. The number of rotatable bonds is 4. The maximum atomic E-state index is 13.5. The highest BCUT2D eigenvalue weighted by Crippen LogP contribution is 2.49. The Labute approximate surface area is 180 Å². The summed E-state index contributed by atoms with van der Waals surface area (Å²) in [6.07, 6.45) is 1.17. The monoisotopic (exact) mass is 416 g/mol. The van der Waals surface area contributed by atoms with E-state index in [2.05, 4.69) is 22.6 Å². The first-order chi connectivity index (χ1) is 15.1. The molecule has 6 heteroatoms. The van der Waals surface area contributed by atoms with E-state index in [9.17, 15) is 9.90 Å². The van der Waals surface area contributed by atoms with E-state index in [0.717, 1.165) is 40.1 Å². The van der Waals surface area contributed by atoms with Crippen molar-refractivity contribution < 1.29 is 19.2 Å². The summed E-state index contributed by atoms with van der Waals surface area (Å²) in [6, 6.07) is 15.4. The molecule has 6 nitrogen and oxygen atoms in total. The Morgan fingerprint density at radius 3 is 2.74 bits per heavy atom. The number of carbonyl (C=O) groups is 1. The van der Waals surface area contributed by atoms with Crippen molar-refractivity contribution >= 4 is 11.7 Å². The molecule has 0 fully saturated rings. The molecule has 1 aliphatic carbocycles. The van der Waals surface area contributed by atoms with Crippen LogP contribution >= 0.6 is 0 Å². The third kappa shape index (κ3) is 3.28. The zero-order valence-electron chi connectivity index (χ0n) is 17.5. The number of allylic oxidation sites excluding steroid dienone is 2. The third-order valence-electron chi connectivity index (χ3n) is 6.15. The fraction of sp³-hybridized carbons (Fsp3) is 0.280. The molecule has 3 aromatic rings. The SMILES string of the molecule is CCOc1cc([C@@H]2C3=C(C[C@H](c4ccccc4)CC3=O)Nc3onc(C)c32)ccc1O. The highest BCUT2D eigenvalue weighted by atomic mass is 16.5. The molecule has 158 valence electrons. The Balaban J connectivity index is 1.63. The number of fused-ring (bicyclic) bond motifs is 1. The predicted molar refractivity (Wildman–Crippen MR) is 116 cm³/mol. The quantitative estimate of drug-likeness (QED) is 0.619. The lowest BCUT2D eigenvalue weighted by molar-refractivity contribution is -0.116. The van der Waals surface area contributed by atoms with Gasteiger partial charge in [0.1, 0.15) is 0 Å². The summed E-state index contributed by atoms with van der Waals surface area (Å²) < 4.78 is 11.2. The Kier molecular flexibility index (Phi) is 4.77. The van der Waals surface area contributed by atoms with Crippen LogP contribution in [0, 0.1) is 6.92 Å². The largest absolute Gasteiger partial charge is 0.504 e. The van der Waals surface area contributed by atoms with Crippen LogP contribution in [0.25, 0.3) is 0 Å². The van der Waals surface area contributed by atoms with Crippen LogP contribution in [-0.4, -0.2) is 22.7 Å². The number of hydrogen-bond donors (Lipinski definition) is 2. The molecule has 0 unspecified atom stereocenters. The smallest absolute Gasteiger partial charge is 0.233 e. The minimum Gasteiger partial charge on any atom is -0.504 e. The predicted octanol–water partition coefficient (Wildman–Crippen LogP) is 5.05. The first-order valence-electron chi connectivity index (χ1n) is 10.6. The van der Waals surface area contributed by atoms with Gasteiger partial charge in [0, 0.05) is 23.6 Å². The summed E-state index contributed by atoms with van der Waals surface area (Å²) in [5, 5.41) is 17.7. The van der Waals surface area contributed by atoms with Crippen LogP contribution in [0.1, 0.15) is 54.0 Å².